The van der Waals surface area contributed by atoms with E-state index in [1.165, 1.54) is 5.56 Å². The van der Waals surface area contributed by atoms with E-state index < -0.39 is 0 Å². The molecule has 3 heterocycles. The Balaban J connectivity index is 1.41. The zero-order chi connectivity index (χ0) is 16.4. The average Bonchev–Trinajstić information content (AvgIpc) is 3.27. The number of rotatable bonds is 4. The Kier molecular flexibility index (Phi) is 4.09. The smallest absolute Gasteiger partial charge is 0.151 e. The predicted molar refractivity (Wildman–Crippen MR) is 91.3 cm³/mol. The molecule has 1 aliphatic rings. The lowest BCUT2D eigenvalue weighted by molar-refractivity contribution is 0.271. The third-order valence-corrected chi connectivity index (χ3v) is 4.56. The Hall–Kier alpha value is -2.53. The van der Waals surface area contributed by atoms with Crippen molar-refractivity contribution in [2.24, 2.45) is 0 Å². The Labute approximate surface area is 141 Å². The van der Waals surface area contributed by atoms with Gasteiger partial charge in [-0.05, 0) is 19.9 Å². The van der Waals surface area contributed by atoms with E-state index in [0.29, 0.717) is 5.92 Å². The van der Waals surface area contributed by atoms with Gasteiger partial charge in [-0.25, -0.2) is 0 Å². The van der Waals surface area contributed by atoms with Crippen LogP contribution in [0.1, 0.15) is 29.4 Å². The summed E-state index contributed by atoms with van der Waals surface area (Å²) < 4.78 is 5.53. The molecule has 1 aromatic carbocycles. The summed E-state index contributed by atoms with van der Waals surface area (Å²) in [6.07, 6.45) is 6.47. The zero-order valence-corrected chi connectivity index (χ0v) is 13.7. The minimum absolute atomic E-state index is 0.457. The molecule has 1 unspecified atom stereocenters. The van der Waals surface area contributed by atoms with Crippen molar-refractivity contribution in [2.45, 2.75) is 25.8 Å². The first-order chi connectivity index (χ1) is 11.8. The SMILES string of the molecule is Cc1ccc(-c2cc(CN3CCC(c4cnccn4)C3)on2)cc1. The molecule has 0 saturated carbocycles. The van der Waals surface area contributed by atoms with Gasteiger partial charge in [-0.15, -0.1) is 0 Å². The molecule has 0 amide bonds. The van der Waals surface area contributed by atoms with Crippen LogP contribution >= 0.6 is 0 Å². The highest BCUT2D eigenvalue weighted by Crippen LogP contribution is 2.27. The topological polar surface area (TPSA) is 55.1 Å². The van der Waals surface area contributed by atoms with Gasteiger partial charge >= 0.3 is 0 Å². The number of aryl methyl sites for hydroxylation is 1. The van der Waals surface area contributed by atoms with Crippen LogP contribution in [0.2, 0.25) is 0 Å². The first-order valence-electron chi connectivity index (χ1n) is 8.29. The number of benzene rings is 1. The van der Waals surface area contributed by atoms with Crippen LogP contribution in [0.4, 0.5) is 0 Å². The maximum Gasteiger partial charge on any atom is 0.151 e. The number of aromatic nitrogens is 3. The van der Waals surface area contributed by atoms with Gasteiger partial charge in [0, 0.05) is 42.7 Å². The molecule has 1 saturated heterocycles. The van der Waals surface area contributed by atoms with Crippen molar-refractivity contribution in [3.8, 4) is 11.3 Å². The summed E-state index contributed by atoms with van der Waals surface area (Å²) in [5.41, 5.74) is 4.32. The van der Waals surface area contributed by atoms with Crippen LogP contribution in [0.25, 0.3) is 11.3 Å². The molecule has 0 spiro atoms. The molecule has 2 aromatic heterocycles. The summed E-state index contributed by atoms with van der Waals surface area (Å²) in [6, 6.07) is 10.4. The molecule has 5 nitrogen and oxygen atoms in total. The van der Waals surface area contributed by atoms with Crippen molar-refractivity contribution < 1.29 is 4.52 Å². The summed E-state index contributed by atoms with van der Waals surface area (Å²) in [5, 5.41) is 4.21. The molecular weight excluding hydrogens is 300 g/mol. The summed E-state index contributed by atoms with van der Waals surface area (Å²) >= 11 is 0. The van der Waals surface area contributed by atoms with Gasteiger partial charge < -0.3 is 4.52 Å². The molecule has 1 atom stereocenters. The fourth-order valence-electron chi connectivity index (χ4n) is 3.21. The van der Waals surface area contributed by atoms with E-state index in [1.807, 2.05) is 12.3 Å². The van der Waals surface area contributed by atoms with Gasteiger partial charge in [0.05, 0.1) is 12.2 Å². The zero-order valence-electron chi connectivity index (χ0n) is 13.7. The molecule has 0 N–H and O–H groups in total. The maximum absolute atomic E-state index is 5.53. The predicted octanol–water partition coefficient (Wildman–Crippen LogP) is 3.43. The van der Waals surface area contributed by atoms with Crippen molar-refractivity contribution in [2.75, 3.05) is 13.1 Å². The molecule has 24 heavy (non-hydrogen) atoms. The second-order valence-corrected chi connectivity index (χ2v) is 6.40. The normalized spacial score (nSPS) is 18.1. The molecule has 5 heteroatoms. The van der Waals surface area contributed by atoms with Crippen LogP contribution in [0, 0.1) is 6.92 Å². The van der Waals surface area contributed by atoms with E-state index in [2.05, 4.69) is 51.2 Å². The summed E-state index contributed by atoms with van der Waals surface area (Å²) in [5.74, 6) is 1.36. The number of hydrogen-bond acceptors (Lipinski definition) is 5. The van der Waals surface area contributed by atoms with Crippen LogP contribution in [0.5, 0.6) is 0 Å². The van der Waals surface area contributed by atoms with Gasteiger partial charge in [-0.2, -0.15) is 0 Å². The minimum Gasteiger partial charge on any atom is -0.359 e. The number of hydrogen-bond donors (Lipinski definition) is 0. The van der Waals surface area contributed by atoms with Crippen molar-refractivity contribution in [3.05, 3.63) is 65.9 Å². The van der Waals surface area contributed by atoms with E-state index >= 15 is 0 Å². The molecule has 122 valence electrons. The van der Waals surface area contributed by atoms with Crippen LogP contribution < -0.4 is 0 Å². The quantitative estimate of drug-likeness (QED) is 0.737. The van der Waals surface area contributed by atoms with E-state index in [9.17, 15) is 0 Å². The van der Waals surface area contributed by atoms with Gasteiger partial charge in [0.1, 0.15) is 5.69 Å². The van der Waals surface area contributed by atoms with Crippen molar-refractivity contribution in [1.82, 2.24) is 20.0 Å². The summed E-state index contributed by atoms with van der Waals surface area (Å²) in [4.78, 5) is 11.0. The van der Waals surface area contributed by atoms with Gasteiger partial charge in [-0.1, -0.05) is 35.0 Å². The monoisotopic (exact) mass is 320 g/mol. The molecule has 3 aromatic rings. The second kappa shape index (κ2) is 6.53. The lowest BCUT2D eigenvalue weighted by Gasteiger charge is -2.13. The minimum atomic E-state index is 0.457. The average molecular weight is 320 g/mol. The molecule has 4 rings (SSSR count). The van der Waals surface area contributed by atoms with E-state index in [0.717, 1.165) is 48.8 Å². The van der Waals surface area contributed by atoms with E-state index in [-0.39, 0.29) is 0 Å². The van der Waals surface area contributed by atoms with Crippen molar-refractivity contribution in [1.29, 1.82) is 0 Å². The van der Waals surface area contributed by atoms with Crippen LogP contribution in [0.15, 0.2) is 53.4 Å². The molecule has 1 aliphatic heterocycles. The van der Waals surface area contributed by atoms with Crippen LogP contribution in [0.3, 0.4) is 0 Å². The first-order valence-corrected chi connectivity index (χ1v) is 8.29. The van der Waals surface area contributed by atoms with E-state index in [1.54, 1.807) is 12.4 Å². The van der Waals surface area contributed by atoms with Crippen molar-refractivity contribution in [3.63, 3.8) is 0 Å². The van der Waals surface area contributed by atoms with Gasteiger partial charge in [0.2, 0.25) is 0 Å². The standard InChI is InChI=1S/C19H20N4O/c1-14-2-4-15(5-3-14)18-10-17(24-22-18)13-23-9-6-16(12-23)19-11-20-7-8-21-19/h2-5,7-8,10-11,16H,6,9,12-13H2,1H3. The van der Waals surface area contributed by atoms with Gasteiger partial charge in [0.25, 0.3) is 0 Å². The highest BCUT2D eigenvalue weighted by molar-refractivity contribution is 5.59. The third kappa shape index (κ3) is 3.21. The maximum atomic E-state index is 5.53. The third-order valence-electron chi connectivity index (χ3n) is 4.56. The Morgan fingerprint density at radius 3 is 2.88 bits per heavy atom. The lowest BCUT2D eigenvalue weighted by atomic mass is 10.1. The highest BCUT2D eigenvalue weighted by Gasteiger charge is 2.25. The molecule has 0 bridgehead atoms. The number of nitrogens with zero attached hydrogens (tertiary/aromatic N) is 4. The largest absolute Gasteiger partial charge is 0.359 e. The number of likely N-dealkylation sites (tertiary alicyclic amines) is 1. The fourth-order valence-corrected chi connectivity index (χ4v) is 3.21. The van der Waals surface area contributed by atoms with Gasteiger partial charge in [0.15, 0.2) is 5.76 Å². The molecule has 1 fully saturated rings. The van der Waals surface area contributed by atoms with Crippen LogP contribution in [-0.4, -0.2) is 33.1 Å². The van der Waals surface area contributed by atoms with Crippen molar-refractivity contribution >= 4 is 0 Å². The molecule has 0 aliphatic carbocycles. The Morgan fingerprint density at radius 2 is 2.08 bits per heavy atom. The Bertz CT molecular complexity index is 798. The van der Waals surface area contributed by atoms with Crippen LogP contribution in [-0.2, 0) is 6.54 Å². The Morgan fingerprint density at radius 1 is 1.21 bits per heavy atom. The molecular formula is C19H20N4O. The summed E-state index contributed by atoms with van der Waals surface area (Å²) in [6.45, 7) is 4.90. The summed E-state index contributed by atoms with van der Waals surface area (Å²) in [7, 11) is 0. The lowest BCUT2D eigenvalue weighted by Crippen LogP contribution is -2.19. The van der Waals surface area contributed by atoms with Gasteiger partial charge in [-0.3, -0.25) is 14.9 Å². The fraction of sp³-hybridized carbons (Fsp3) is 0.316. The molecule has 0 radical (unpaired) electrons. The van der Waals surface area contributed by atoms with E-state index in [4.69, 9.17) is 4.52 Å². The first kappa shape index (κ1) is 15.0. The highest BCUT2D eigenvalue weighted by atomic mass is 16.5. The second-order valence-electron chi connectivity index (χ2n) is 6.40.